The van der Waals surface area contributed by atoms with E-state index in [0.717, 1.165) is 25.9 Å². The molecule has 1 N–H and O–H groups in total. The Morgan fingerprint density at radius 2 is 1.93 bits per heavy atom. The lowest BCUT2D eigenvalue weighted by molar-refractivity contribution is -0.121. The first-order valence-corrected chi connectivity index (χ1v) is 10.0. The third-order valence-corrected chi connectivity index (χ3v) is 5.22. The summed E-state index contributed by atoms with van der Waals surface area (Å²) in [4.78, 5) is 12.7. The van der Waals surface area contributed by atoms with E-state index in [1.54, 1.807) is 0 Å². The van der Waals surface area contributed by atoms with Crippen LogP contribution in [0.15, 0.2) is 54.7 Å². The van der Waals surface area contributed by atoms with Gasteiger partial charge in [-0.3, -0.25) is 4.79 Å². The number of benzene rings is 2. The lowest BCUT2D eigenvalue weighted by atomic mass is 9.87. The number of unbranched alkanes of at least 4 members (excludes halogenated alkanes) is 1. The van der Waals surface area contributed by atoms with Gasteiger partial charge >= 0.3 is 0 Å². The zero-order chi connectivity index (χ0) is 19.2. The summed E-state index contributed by atoms with van der Waals surface area (Å²) in [6, 6.07) is 17.1. The maximum Gasteiger partial charge on any atom is 0.220 e. The van der Waals surface area contributed by atoms with Gasteiger partial charge in [0.25, 0.3) is 0 Å². The number of nitrogens with one attached hydrogen (secondary N) is 1. The lowest BCUT2D eigenvalue weighted by Crippen LogP contribution is -2.26. The van der Waals surface area contributed by atoms with Crippen molar-refractivity contribution in [2.75, 3.05) is 6.54 Å². The molecular weight excluding hydrogens is 332 g/mol. The molecule has 0 spiro atoms. The minimum Gasteiger partial charge on any atom is -0.356 e. The second-order valence-electron chi connectivity index (χ2n) is 7.26. The molecule has 0 fully saturated rings. The first kappa shape index (κ1) is 19.2. The Kier molecular flexibility index (Phi) is 6.33. The SMILES string of the molecule is CCCCNC(=O)C[C@@H](c1cccc(C)c1)c1cn(CC)c2ccccc12. The zero-order valence-corrected chi connectivity index (χ0v) is 16.7. The summed E-state index contributed by atoms with van der Waals surface area (Å²) in [6.07, 6.45) is 4.82. The van der Waals surface area contributed by atoms with E-state index in [1.165, 1.54) is 27.6 Å². The van der Waals surface area contributed by atoms with Crippen molar-refractivity contribution in [3.63, 3.8) is 0 Å². The topological polar surface area (TPSA) is 34.0 Å². The number of aromatic nitrogens is 1. The largest absolute Gasteiger partial charge is 0.356 e. The maximum absolute atomic E-state index is 12.7. The van der Waals surface area contributed by atoms with Gasteiger partial charge in [0.2, 0.25) is 5.91 Å². The molecule has 2 aromatic carbocycles. The lowest BCUT2D eigenvalue weighted by Gasteiger charge is -2.18. The van der Waals surface area contributed by atoms with Gasteiger partial charge in [-0.2, -0.15) is 0 Å². The summed E-state index contributed by atoms with van der Waals surface area (Å²) in [7, 11) is 0. The van der Waals surface area contributed by atoms with Gasteiger partial charge in [-0.05, 0) is 37.5 Å². The van der Waals surface area contributed by atoms with Crippen LogP contribution in [0, 0.1) is 6.92 Å². The summed E-state index contributed by atoms with van der Waals surface area (Å²) in [5.41, 5.74) is 4.91. The van der Waals surface area contributed by atoms with E-state index in [1.807, 2.05) is 0 Å². The minimum absolute atomic E-state index is 0.0595. The van der Waals surface area contributed by atoms with Crippen molar-refractivity contribution < 1.29 is 4.79 Å². The second-order valence-corrected chi connectivity index (χ2v) is 7.26. The molecule has 27 heavy (non-hydrogen) atoms. The van der Waals surface area contributed by atoms with Gasteiger partial charge in [0.05, 0.1) is 0 Å². The molecule has 1 heterocycles. The average Bonchev–Trinajstić information content (AvgIpc) is 3.05. The van der Waals surface area contributed by atoms with Crippen molar-refractivity contribution in [3.8, 4) is 0 Å². The van der Waals surface area contributed by atoms with E-state index in [0.29, 0.717) is 6.42 Å². The zero-order valence-electron chi connectivity index (χ0n) is 16.7. The van der Waals surface area contributed by atoms with Gasteiger partial charge in [-0.25, -0.2) is 0 Å². The van der Waals surface area contributed by atoms with Crippen molar-refractivity contribution in [1.82, 2.24) is 9.88 Å². The van der Waals surface area contributed by atoms with Crippen molar-refractivity contribution in [1.29, 1.82) is 0 Å². The number of amides is 1. The molecule has 3 nitrogen and oxygen atoms in total. The first-order valence-electron chi connectivity index (χ1n) is 10.0. The second kappa shape index (κ2) is 8.90. The molecule has 1 aromatic heterocycles. The van der Waals surface area contributed by atoms with Crippen molar-refractivity contribution in [3.05, 3.63) is 71.4 Å². The van der Waals surface area contributed by atoms with Crippen molar-refractivity contribution in [2.24, 2.45) is 0 Å². The van der Waals surface area contributed by atoms with E-state index < -0.39 is 0 Å². The predicted octanol–water partition coefficient (Wildman–Crippen LogP) is 5.41. The highest BCUT2D eigenvalue weighted by molar-refractivity contribution is 5.86. The number of hydrogen-bond donors (Lipinski definition) is 1. The predicted molar refractivity (Wildman–Crippen MR) is 113 cm³/mol. The number of aryl methyl sites for hydroxylation is 2. The standard InChI is InChI=1S/C24H30N2O/c1-4-6-14-25-24(27)16-21(19-11-9-10-18(3)15-19)22-17-26(5-2)23-13-8-7-12-20(22)23/h7-13,15,17,21H,4-6,14,16H2,1-3H3,(H,25,27)/t21-/m0/s1. The van der Waals surface area contributed by atoms with Gasteiger partial charge in [0, 0.05) is 42.5 Å². The molecule has 142 valence electrons. The van der Waals surface area contributed by atoms with Gasteiger partial charge in [0.15, 0.2) is 0 Å². The Bertz CT molecular complexity index is 910. The number of rotatable bonds is 8. The molecule has 1 amide bonds. The van der Waals surface area contributed by atoms with Crippen LogP contribution >= 0.6 is 0 Å². The van der Waals surface area contributed by atoms with Crippen molar-refractivity contribution >= 4 is 16.8 Å². The van der Waals surface area contributed by atoms with Crippen LogP contribution in [-0.4, -0.2) is 17.0 Å². The van der Waals surface area contributed by atoms with E-state index >= 15 is 0 Å². The van der Waals surface area contributed by atoms with E-state index in [4.69, 9.17) is 0 Å². The third-order valence-electron chi connectivity index (χ3n) is 5.22. The molecule has 0 unspecified atom stereocenters. The van der Waals surface area contributed by atoms with Gasteiger partial charge in [0.1, 0.15) is 0 Å². The fourth-order valence-electron chi connectivity index (χ4n) is 3.77. The molecule has 0 saturated heterocycles. The van der Waals surface area contributed by atoms with E-state index in [9.17, 15) is 4.79 Å². The monoisotopic (exact) mass is 362 g/mol. The minimum atomic E-state index is 0.0595. The molecule has 3 heteroatoms. The average molecular weight is 363 g/mol. The smallest absolute Gasteiger partial charge is 0.220 e. The highest BCUT2D eigenvalue weighted by Gasteiger charge is 2.22. The number of carbonyl (C=O) groups excluding carboxylic acids is 1. The summed E-state index contributed by atoms with van der Waals surface area (Å²) in [5, 5.41) is 4.33. The normalized spacial score (nSPS) is 12.3. The molecule has 0 bridgehead atoms. The van der Waals surface area contributed by atoms with Crippen LogP contribution in [-0.2, 0) is 11.3 Å². The van der Waals surface area contributed by atoms with Gasteiger partial charge in [-0.15, -0.1) is 0 Å². The Labute approximate surface area is 162 Å². The van der Waals surface area contributed by atoms with Crippen molar-refractivity contribution in [2.45, 2.75) is 52.5 Å². The van der Waals surface area contributed by atoms with Crippen LogP contribution in [0.25, 0.3) is 10.9 Å². The molecular formula is C24H30N2O. The van der Waals surface area contributed by atoms with Crippen LogP contribution in [0.2, 0.25) is 0 Å². The highest BCUT2D eigenvalue weighted by Crippen LogP contribution is 2.35. The van der Waals surface area contributed by atoms with Crippen LogP contribution in [0.4, 0.5) is 0 Å². The number of fused-ring (bicyclic) bond motifs is 1. The Morgan fingerprint density at radius 3 is 2.67 bits per heavy atom. The summed E-state index contributed by atoms with van der Waals surface area (Å²) >= 11 is 0. The number of hydrogen-bond acceptors (Lipinski definition) is 1. The Morgan fingerprint density at radius 1 is 1.11 bits per heavy atom. The number of nitrogens with zero attached hydrogens (tertiary/aromatic N) is 1. The quantitative estimate of drug-likeness (QED) is 0.534. The molecule has 1 atom stereocenters. The van der Waals surface area contributed by atoms with Crippen LogP contribution in [0.3, 0.4) is 0 Å². The first-order chi connectivity index (χ1) is 13.1. The van der Waals surface area contributed by atoms with Gasteiger partial charge in [-0.1, -0.05) is 61.4 Å². The fraction of sp³-hybridized carbons (Fsp3) is 0.375. The van der Waals surface area contributed by atoms with E-state index in [-0.39, 0.29) is 11.8 Å². The molecule has 0 saturated carbocycles. The Hall–Kier alpha value is -2.55. The Balaban J connectivity index is 2.01. The van der Waals surface area contributed by atoms with E-state index in [2.05, 4.69) is 85.4 Å². The molecule has 0 aliphatic rings. The summed E-state index contributed by atoms with van der Waals surface area (Å²) in [5.74, 6) is 0.188. The third kappa shape index (κ3) is 4.41. The highest BCUT2D eigenvalue weighted by atomic mass is 16.1. The van der Waals surface area contributed by atoms with Gasteiger partial charge < -0.3 is 9.88 Å². The molecule has 0 aliphatic heterocycles. The summed E-state index contributed by atoms with van der Waals surface area (Å²) in [6.45, 7) is 8.09. The van der Waals surface area contributed by atoms with Crippen LogP contribution in [0.5, 0.6) is 0 Å². The molecule has 0 radical (unpaired) electrons. The number of para-hydroxylation sites is 1. The number of carbonyl (C=O) groups is 1. The molecule has 0 aliphatic carbocycles. The van der Waals surface area contributed by atoms with Crippen LogP contribution < -0.4 is 5.32 Å². The molecule has 3 rings (SSSR count). The van der Waals surface area contributed by atoms with Crippen LogP contribution in [0.1, 0.15) is 55.7 Å². The summed E-state index contributed by atoms with van der Waals surface area (Å²) < 4.78 is 2.28. The molecule has 3 aromatic rings. The fourth-order valence-corrected chi connectivity index (χ4v) is 3.77. The maximum atomic E-state index is 12.7.